The molecule has 2 aromatic rings. The van der Waals surface area contributed by atoms with Gasteiger partial charge in [0.2, 0.25) is 5.75 Å². The molecule has 0 aliphatic carbocycles. The third kappa shape index (κ3) is 4.31. The summed E-state index contributed by atoms with van der Waals surface area (Å²) in [6.45, 7) is 4.00. The monoisotopic (exact) mass is 338 g/mol. The van der Waals surface area contributed by atoms with E-state index >= 15 is 0 Å². The van der Waals surface area contributed by atoms with Crippen LogP contribution in [-0.4, -0.2) is 9.91 Å². The average molecular weight is 339 g/mol. The fraction of sp³-hybridized carbons (Fsp3) is 0.214. The quantitative estimate of drug-likeness (QED) is 0.460. The molecule has 1 aromatic heterocycles. The molecule has 0 saturated heterocycles. The van der Waals surface area contributed by atoms with Gasteiger partial charge in [0.05, 0.1) is 0 Å². The predicted octanol–water partition coefficient (Wildman–Crippen LogP) is 4.70. The SMILES string of the molecule is CC.O=[N+]([O-])c1ncccc1Oc1ccc(CBr)cc1. The molecule has 0 unspecified atom stereocenters. The highest BCUT2D eigenvalue weighted by Crippen LogP contribution is 2.28. The van der Waals surface area contributed by atoms with E-state index in [4.69, 9.17) is 4.74 Å². The van der Waals surface area contributed by atoms with E-state index in [1.54, 1.807) is 18.2 Å². The van der Waals surface area contributed by atoms with Gasteiger partial charge in [0, 0.05) is 5.33 Å². The summed E-state index contributed by atoms with van der Waals surface area (Å²) < 4.78 is 5.45. The Hall–Kier alpha value is -1.95. The van der Waals surface area contributed by atoms with Crippen LogP contribution in [0.3, 0.4) is 0 Å². The molecular weight excluding hydrogens is 324 g/mol. The molecular formula is C14H15BrN2O3. The number of ether oxygens (including phenoxy) is 1. The van der Waals surface area contributed by atoms with Gasteiger partial charge in [0.1, 0.15) is 11.9 Å². The molecule has 5 nitrogen and oxygen atoms in total. The van der Waals surface area contributed by atoms with Crippen molar-refractivity contribution in [2.75, 3.05) is 0 Å². The summed E-state index contributed by atoms with van der Waals surface area (Å²) in [5.74, 6) is 0.381. The van der Waals surface area contributed by atoms with Crippen LogP contribution in [0.5, 0.6) is 11.5 Å². The summed E-state index contributed by atoms with van der Waals surface area (Å²) >= 11 is 3.34. The molecule has 0 saturated carbocycles. The normalized spacial score (nSPS) is 9.35. The lowest BCUT2D eigenvalue weighted by Crippen LogP contribution is -1.95. The maximum absolute atomic E-state index is 10.8. The zero-order valence-corrected chi connectivity index (χ0v) is 12.8. The number of pyridine rings is 1. The van der Waals surface area contributed by atoms with Crippen LogP contribution in [-0.2, 0) is 5.33 Å². The zero-order valence-electron chi connectivity index (χ0n) is 11.2. The Morgan fingerprint density at radius 2 is 1.90 bits per heavy atom. The predicted molar refractivity (Wildman–Crippen MR) is 81.4 cm³/mol. The first kappa shape index (κ1) is 16.1. The molecule has 0 amide bonds. The van der Waals surface area contributed by atoms with Crippen molar-refractivity contribution in [1.29, 1.82) is 0 Å². The highest BCUT2D eigenvalue weighted by atomic mass is 79.9. The fourth-order valence-electron chi connectivity index (χ4n) is 1.37. The molecule has 1 heterocycles. The van der Waals surface area contributed by atoms with E-state index in [1.807, 2.05) is 26.0 Å². The van der Waals surface area contributed by atoms with Gasteiger partial charge in [-0.1, -0.05) is 41.9 Å². The van der Waals surface area contributed by atoms with Crippen LogP contribution in [0.25, 0.3) is 0 Å². The van der Waals surface area contributed by atoms with Crippen LogP contribution in [0.15, 0.2) is 42.6 Å². The maximum atomic E-state index is 10.8. The van der Waals surface area contributed by atoms with Gasteiger partial charge in [-0.15, -0.1) is 0 Å². The molecule has 20 heavy (non-hydrogen) atoms. The van der Waals surface area contributed by atoms with Crippen LogP contribution >= 0.6 is 15.9 Å². The van der Waals surface area contributed by atoms with Crippen LogP contribution in [0.1, 0.15) is 19.4 Å². The zero-order chi connectivity index (χ0) is 15.0. The number of aromatic nitrogens is 1. The minimum absolute atomic E-state index is 0.133. The third-order valence-electron chi connectivity index (χ3n) is 2.23. The number of benzene rings is 1. The van der Waals surface area contributed by atoms with Gasteiger partial charge in [0.15, 0.2) is 0 Å². The molecule has 0 N–H and O–H groups in total. The summed E-state index contributed by atoms with van der Waals surface area (Å²) in [6, 6.07) is 10.4. The van der Waals surface area contributed by atoms with Crippen LogP contribution in [0, 0.1) is 10.1 Å². The Bertz CT molecular complexity index is 559. The number of hydrogen-bond donors (Lipinski definition) is 0. The molecule has 0 atom stereocenters. The maximum Gasteiger partial charge on any atom is 0.406 e. The second kappa shape index (κ2) is 8.27. The molecule has 6 heteroatoms. The summed E-state index contributed by atoms with van der Waals surface area (Å²) in [5, 5.41) is 11.5. The number of alkyl halides is 1. The van der Waals surface area contributed by atoms with Gasteiger partial charge in [-0.3, -0.25) is 0 Å². The number of hydrogen-bond acceptors (Lipinski definition) is 4. The number of nitrogens with zero attached hydrogens (tertiary/aromatic N) is 2. The van der Waals surface area contributed by atoms with Crippen molar-refractivity contribution in [2.45, 2.75) is 19.2 Å². The van der Waals surface area contributed by atoms with Gasteiger partial charge in [-0.2, -0.15) is 0 Å². The molecule has 0 aliphatic heterocycles. The van der Waals surface area contributed by atoms with Crippen molar-refractivity contribution in [3.8, 4) is 11.5 Å². The lowest BCUT2D eigenvalue weighted by molar-refractivity contribution is -0.390. The number of rotatable bonds is 4. The van der Waals surface area contributed by atoms with Crippen molar-refractivity contribution in [3.05, 3.63) is 58.3 Å². The molecule has 106 valence electrons. The molecule has 0 aliphatic rings. The first-order chi connectivity index (χ1) is 9.70. The van der Waals surface area contributed by atoms with Crippen LogP contribution < -0.4 is 4.74 Å². The number of halogens is 1. The topological polar surface area (TPSA) is 65.3 Å². The molecule has 0 fully saturated rings. The highest BCUT2D eigenvalue weighted by Gasteiger charge is 2.16. The molecule has 0 radical (unpaired) electrons. The van der Waals surface area contributed by atoms with E-state index in [2.05, 4.69) is 20.9 Å². The van der Waals surface area contributed by atoms with Crippen molar-refractivity contribution in [3.63, 3.8) is 0 Å². The molecule has 0 bridgehead atoms. The lowest BCUT2D eigenvalue weighted by Gasteiger charge is -2.05. The van der Waals surface area contributed by atoms with E-state index in [0.717, 1.165) is 10.9 Å². The Morgan fingerprint density at radius 3 is 2.45 bits per heavy atom. The van der Waals surface area contributed by atoms with Crippen molar-refractivity contribution in [2.24, 2.45) is 0 Å². The number of nitro groups is 1. The second-order valence-corrected chi connectivity index (χ2v) is 4.02. The van der Waals surface area contributed by atoms with Gasteiger partial charge in [0.25, 0.3) is 0 Å². The second-order valence-electron chi connectivity index (χ2n) is 3.46. The molecule has 2 rings (SSSR count). The van der Waals surface area contributed by atoms with Crippen LogP contribution in [0.4, 0.5) is 5.82 Å². The summed E-state index contributed by atoms with van der Waals surface area (Å²) in [7, 11) is 0. The lowest BCUT2D eigenvalue weighted by atomic mass is 10.2. The van der Waals surface area contributed by atoms with Gasteiger partial charge in [-0.25, -0.2) is 0 Å². The Kier molecular flexibility index (Phi) is 6.66. The molecule has 1 aromatic carbocycles. The standard InChI is InChI=1S/C12H9BrN2O3.C2H6/c13-8-9-3-5-10(6-4-9)18-11-2-1-7-14-12(11)15(16)17;1-2/h1-7H,8H2;1-2H3. The van der Waals surface area contributed by atoms with E-state index in [1.165, 1.54) is 12.3 Å². The van der Waals surface area contributed by atoms with Crippen molar-refractivity contribution < 1.29 is 9.66 Å². The van der Waals surface area contributed by atoms with Gasteiger partial charge in [-0.05, 0) is 39.7 Å². The summed E-state index contributed by atoms with van der Waals surface area (Å²) in [6.07, 6.45) is 1.36. The van der Waals surface area contributed by atoms with Crippen molar-refractivity contribution >= 4 is 21.7 Å². The first-order valence-corrected chi connectivity index (χ1v) is 7.25. The van der Waals surface area contributed by atoms with Gasteiger partial charge >= 0.3 is 5.82 Å². The minimum Gasteiger partial charge on any atom is -0.448 e. The summed E-state index contributed by atoms with van der Waals surface area (Å²) in [4.78, 5) is 13.9. The van der Waals surface area contributed by atoms with E-state index < -0.39 is 4.92 Å². The highest BCUT2D eigenvalue weighted by molar-refractivity contribution is 9.08. The van der Waals surface area contributed by atoms with Crippen LogP contribution in [0.2, 0.25) is 0 Å². The van der Waals surface area contributed by atoms with Gasteiger partial charge < -0.3 is 14.9 Å². The first-order valence-electron chi connectivity index (χ1n) is 6.13. The Labute approximate surface area is 125 Å². The smallest absolute Gasteiger partial charge is 0.406 e. The largest absolute Gasteiger partial charge is 0.448 e. The molecule has 0 spiro atoms. The Balaban J connectivity index is 0.000000956. The third-order valence-corrected chi connectivity index (χ3v) is 2.88. The van der Waals surface area contributed by atoms with E-state index in [0.29, 0.717) is 5.75 Å². The Morgan fingerprint density at radius 1 is 1.25 bits per heavy atom. The van der Waals surface area contributed by atoms with E-state index in [9.17, 15) is 10.1 Å². The van der Waals surface area contributed by atoms with Crippen molar-refractivity contribution in [1.82, 2.24) is 4.98 Å². The van der Waals surface area contributed by atoms with E-state index in [-0.39, 0.29) is 11.6 Å². The minimum atomic E-state index is -0.567. The average Bonchev–Trinajstić information content (AvgIpc) is 2.50. The fourth-order valence-corrected chi connectivity index (χ4v) is 1.75. The summed E-state index contributed by atoms with van der Waals surface area (Å²) in [5.41, 5.74) is 1.10.